The van der Waals surface area contributed by atoms with Crippen LogP contribution < -0.4 is 20.2 Å². The number of rotatable bonds is 8. The number of benzene rings is 9. The van der Waals surface area contributed by atoms with E-state index < -0.39 is 8.07 Å². The molecule has 10 rings (SSSR count). The second-order valence-electron chi connectivity index (χ2n) is 15.4. The standard InChI is InChI=1S/C54H42N2Si/c1-57(2)52-25-15-24-50-48(41-28-32-45(33-29-41)55(42-18-9-4-10-19-42)43-20-11-5-12-21-43)36-37-51(54(50)52)49-35-34-47(38-53(49)57)56(44-22-13-6-14-23-44)46-30-26-40(27-31-46)39-16-7-3-8-17-39/h3-38H,1-2H3. The summed E-state index contributed by atoms with van der Waals surface area (Å²) in [6.45, 7) is 5.05. The lowest BCUT2D eigenvalue weighted by Crippen LogP contribution is -2.56. The van der Waals surface area contributed by atoms with Gasteiger partial charge >= 0.3 is 0 Å². The summed E-state index contributed by atoms with van der Waals surface area (Å²) in [6.07, 6.45) is 0. The number of hydrogen-bond donors (Lipinski definition) is 0. The predicted molar refractivity (Wildman–Crippen MR) is 246 cm³/mol. The molecule has 9 aromatic rings. The molecule has 9 aromatic carbocycles. The van der Waals surface area contributed by atoms with E-state index in [1.165, 1.54) is 60.2 Å². The van der Waals surface area contributed by atoms with Crippen molar-refractivity contribution < 1.29 is 0 Å². The molecular weight excluding hydrogens is 705 g/mol. The van der Waals surface area contributed by atoms with E-state index in [4.69, 9.17) is 0 Å². The van der Waals surface area contributed by atoms with E-state index in [9.17, 15) is 0 Å². The van der Waals surface area contributed by atoms with Crippen LogP contribution in [0.3, 0.4) is 0 Å². The summed E-state index contributed by atoms with van der Waals surface area (Å²) in [4.78, 5) is 4.72. The molecule has 2 nitrogen and oxygen atoms in total. The third-order valence-electron chi connectivity index (χ3n) is 11.7. The van der Waals surface area contributed by atoms with E-state index in [0.29, 0.717) is 0 Å². The third kappa shape index (κ3) is 6.14. The van der Waals surface area contributed by atoms with E-state index in [1.54, 1.807) is 0 Å². The first kappa shape index (κ1) is 34.5. The Balaban J connectivity index is 1.05. The van der Waals surface area contributed by atoms with Crippen LogP contribution in [0.2, 0.25) is 13.1 Å². The molecule has 3 heteroatoms. The summed E-state index contributed by atoms with van der Waals surface area (Å²) in [6, 6.07) is 79.5. The van der Waals surface area contributed by atoms with Crippen molar-refractivity contribution in [2.45, 2.75) is 13.1 Å². The molecule has 1 heterocycles. The van der Waals surface area contributed by atoms with Gasteiger partial charge in [0.15, 0.2) is 0 Å². The molecule has 0 unspecified atom stereocenters. The molecule has 0 spiro atoms. The highest BCUT2D eigenvalue weighted by Crippen LogP contribution is 2.42. The molecule has 0 aliphatic carbocycles. The van der Waals surface area contributed by atoms with Gasteiger partial charge in [-0.15, -0.1) is 0 Å². The zero-order chi connectivity index (χ0) is 38.3. The van der Waals surface area contributed by atoms with Gasteiger partial charge in [0.05, 0.1) is 0 Å². The van der Waals surface area contributed by atoms with Crippen LogP contribution in [0.1, 0.15) is 0 Å². The summed E-state index contributed by atoms with van der Waals surface area (Å²) in [5, 5.41) is 5.69. The summed E-state index contributed by atoms with van der Waals surface area (Å²) in [7, 11) is -2.15. The second-order valence-corrected chi connectivity index (χ2v) is 19.7. The fourth-order valence-electron chi connectivity index (χ4n) is 8.82. The van der Waals surface area contributed by atoms with Gasteiger partial charge in [-0.2, -0.15) is 0 Å². The van der Waals surface area contributed by atoms with Crippen LogP contribution in [-0.4, -0.2) is 8.07 Å². The minimum Gasteiger partial charge on any atom is -0.311 e. The van der Waals surface area contributed by atoms with Crippen molar-refractivity contribution >= 4 is 63.3 Å². The fraction of sp³-hybridized carbons (Fsp3) is 0.0370. The highest BCUT2D eigenvalue weighted by atomic mass is 28.3. The van der Waals surface area contributed by atoms with Crippen molar-refractivity contribution in [3.63, 3.8) is 0 Å². The van der Waals surface area contributed by atoms with Gasteiger partial charge in [0.25, 0.3) is 0 Å². The lowest BCUT2D eigenvalue weighted by molar-refractivity contribution is 1.28. The lowest BCUT2D eigenvalue weighted by Gasteiger charge is -2.35. The van der Waals surface area contributed by atoms with E-state index in [0.717, 1.165) is 28.4 Å². The maximum absolute atomic E-state index is 2.53. The summed E-state index contributed by atoms with van der Waals surface area (Å²) in [5.41, 5.74) is 14.5. The van der Waals surface area contributed by atoms with Gasteiger partial charge in [0.2, 0.25) is 0 Å². The van der Waals surface area contributed by atoms with Crippen LogP contribution in [-0.2, 0) is 0 Å². The molecule has 0 radical (unpaired) electrons. The van der Waals surface area contributed by atoms with Crippen molar-refractivity contribution in [3.8, 4) is 33.4 Å². The zero-order valence-electron chi connectivity index (χ0n) is 32.2. The first-order valence-corrected chi connectivity index (χ1v) is 22.8. The molecule has 1 aliphatic rings. The topological polar surface area (TPSA) is 6.48 Å². The quantitative estimate of drug-likeness (QED) is 0.143. The third-order valence-corrected chi connectivity index (χ3v) is 15.2. The molecule has 0 aromatic heterocycles. The average molecular weight is 747 g/mol. The molecular formula is C54H42N2Si. The average Bonchev–Trinajstić information content (AvgIpc) is 3.28. The van der Waals surface area contributed by atoms with Crippen LogP contribution in [0.15, 0.2) is 218 Å². The van der Waals surface area contributed by atoms with E-state index in [2.05, 4.69) is 241 Å². The molecule has 57 heavy (non-hydrogen) atoms. The molecule has 0 N–H and O–H groups in total. The van der Waals surface area contributed by atoms with E-state index in [1.807, 2.05) is 0 Å². The van der Waals surface area contributed by atoms with Crippen molar-refractivity contribution in [2.75, 3.05) is 9.80 Å². The molecule has 0 saturated carbocycles. The van der Waals surface area contributed by atoms with Crippen molar-refractivity contribution in [3.05, 3.63) is 218 Å². The SMILES string of the molecule is C[Si]1(C)c2cc(N(c3ccccc3)c3ccc(-c4ccccc4)cc3)ccc2-c2ccc(-c3ccc(N(c4ccccc4)c4ccccc4)cc3)c3cccc1c23. The molecule has 0 atom stereocenters. The minimum atomic E-state index is -2.15. The summed E-state index contributed by atoms with van der Waals surface area (Å²) >= 11 is 0. The van der Waals surface area contributed by atoms with Crippen LogP contribution >= 0.6 is 0 Å². The van der Waals surface area contributed by atoms with Crippen molar-refractivity contribution in [1.82, 2.24) is 0 Å². The zero-order valence-corrected chi connectivity index (χ0v) is 33.2. The van der Waals surface area contributed by atoms with Gasteiger partial charge in [-0.3, -0.25) is 0 Å². The Morgan fingerprint density at radius 2 is 0.719 bits per heavy atom. The normalized spacial score (nSPS) is 12.5. The monoisotopic (exact) mass is 746 g/mol. The Hall–Kier alpha value is -6.94. The first-order chi connectivity index (χ1) is 28.0. The highest BCUT2D eigenvalue weighted by Gasteiger charge is 2.36. The van der Waals surface area contributed by atoms with Crippen LogP contribution in [0, 0.1) is 0 Å². The molecule has 0 bridgehead atoms. The molecule has 0 amide bonds. The Kier molecular flexibility index (Phi) is 8.66. The fourth-order valence-corrected chi connectivity index (χ4v) is 11.9. The number of nitrogens with zero attached hydrogens (tertiary/aromatic N) is 2. The summed E-state index contributed by atoms with van der Waals surface area (Å²) < 4.78 is 0. The number of fused-ring (bicyclic) bond motifs is 2. The van der Waals surface area contributed by atoms with Gasteiger partial charge in [0, 0.05) is 34.1 Å². The Labute approximate surface area is 336 Å². The van der Waals surface area contributed by atoms with Crippen LogP contribution in [0.4, 0.5) is 34.1 Å². The number of hydrogen-bond acceptors (Lipinski definition) is 2. The molecule has 0 saturated heterocycles. The Bertz CT molecular complexity index is 2800. The number of para-hydroxylation sites is 3. The Morgan fingerprint density at radius 1 is 0.298 bits per heavy atom. The second kappa shape index (κ2) is 14.3. The lowest BCUT2D eigenvalue weighted by atomic mass is 9.91. The molecule has 272 valence electrons. The van der Waals surface area contributed by atoms with Crippen LogP contribution in [0.25, 0.3) is 44.2 Å². The van der Waals surface area contributed by atoms with Gasteiger partial charge < -0.3 is 9.80 Å². The largest absolute Gasteiger partial charge is 0.311 e. The summed E-state index contributed by atoms with van der Waals surface area (Å²) in [5.74, 6) is 0. The molecule has 0 fully saturated rings. The van der Waals surface area contributed by atoms with Crippen LogP contribution in [0.5, 0.6) is 0 Å². The van der Waals surface area contributed by atoms with Crippen molar-refractivity contribution in [1.29, 1.82) is 0 Å². The minimum absolute atomic E-state index is 1.13. The predicted octanol–water partition coefficient (Wildman–Crippen LogP) is 13.9. The Morgan fingerprint density at radius 3 is 1.28 bits per heavy atom. The van der Waals surface area contributed by atoms with Crippen molar-refractivity contribution in [2.24, 2.45) is 0 Å². The maximum atomic E-state index is 2.53. The molecule has 1 aliphatic heterocycles. The number of anilines is 6. The van der Waals surface area contributed by atoms with Gasteiger partial charge in [-0.05, 0) is 127 Å². The van der Waals surface area contributed by atoms with Gasteiger partial charge in [-0.1, -0.05) is 159 Å². The first-order valence-electron chi connectivity index (χ1n) is 19.8. The van der Waals surface area contributed by atoms with E-state index in [-0.39, 0.29) is 0 Å². The smallest absolute Gasteiger partial charge is 0.113 e. The highest BCUT2D eigenvalue weighted by molar-refractivity contribution is 7.03. The van der Waals surface area contributed by atoms with E-state index >= 15 is 0 Å². The maximum Gasteiger partial charge on any atom is 0.113 e. The van der Waals surface area contributed by atoms with Gasteiger partial charge in [0.1, 0.15) is 8.07 Å². The van der Waals surface area contributed by atoms with Gasteiger partial charge in [-0.25, -0.2) is 0 Å².